The Balaban J connectivity index is 1.61. The lowest BCUT2D eigenvalue weighted by Crippen LogP contribution is -2.49. The molecule has 0 spiro atoms. The fourth-order valence-corrected chi connectivity index (χ4v) is 4.15. The monoisotopic (exact) mass is 511 g/mol. The van der Waals surface area contributed by atoms with Crippen molar-refractivity contribution < 1.29 is 9.76 Å². The minimum absolute atomic E-state index is 0.650. The van der Waals surface area contributed by atoms with Crippen molar-refractivity contribution in [3.05, 3.63) is 115 Å². The third kappa shape index (κ3) is 5.85. The van der Waals surface area contributed by atoms with Gasteiger partial charge in [0.05, 0.1) is 22.6 Å². The van der Waals surface area contributed by atoms with E-state index in [1.165, 1.54) is 0 Å². The van der Waals surface area contributed by atoms with E-state index in [4.69, 9.17) is 14.6 Å². The molecule has 1 aromatic heterocycles. The van der Waals surface area contributed by atoms with Crippen molar-refractivity contribution in [2.75, 3.05) is 0 Å². The fraction of sp³-hybridized carbons (Fsp3) is 0.176. The smallest absolute Gasteiger partial charge is 0.330 e. The summed E-state index contributed by atoms with van der Waals surface area (Å²) in [6.45, 7) is 7.23. The third-order valence-corrected chi connectivity index (χ3v) is 7.20. The molecular formula is C34H32BN2O2. The molecule has 1 N–H and O–H groups in total. The first-order valence-corrected chi connectivity index (χ1v) is 13.1. The molecule has 5 rings (SSSR count). The predicted octanol–water partition coefficient (Wildman–Crippen LogP) is 6.96. The molecular weight excluding hydrogens is 479 g/mol. The van der Waals surface area contributed by atoms with Crippen LogP contribution in [0.1, 0.15) is 27.7 Å². The van der Waals surface area contributed by atoms with Crippen LogP contribution in [0.15, 0.2) is 115 Å². The summed E-state index contributed by atoms with van der Waals surface area (Å²) in [7, 11) is 1.69. The highest BCUT2D eigenvalue weighted by Gasteiger charge is 2.35. The van der Waals surface area contributed by atoms with Crippen molar-refractivity contribution >= 4 is 12.9 Å². The Labute approximate surface area is 231 Å². The predicted molar refractivity (Wildman–Crippen MR) is 161 cm³/mol. The molecule has 1 heterocycles. The number of nitrogens with zero attached hydrogens (tertiary/aromatic N) is 2. The molecule has 0 atom stereocenters. The van der Waals surface area contributed by atoms with Gasteiger partial charge in [0.15, 0.2) is 5.82 Å². The van der Waals surface area contributed by atoms with Gasteiger partial charge < -0.3 is 9.76 Å². The van der Waals surface area contributed by atoms with Gasteiger partial charge in [0.25, 0.3) is 0 Å². The number of hydrogen-bond acceptors (Lipinski definition) is 4. The van der Waals surface area contributed by atoms with Gasteiger partial charge in [-0.3, -0.25) is 0 Å². The zero-order valence-corrected chi connectivity index (χ0v) is 22.8. The van der Waals surface area contributed by atoms with Crippen molar-refractivity contribution in [1.82, 2.24) is 9.97 Å². The van der Waals surface area contributed by atoms with Gasteiger partial charge in [-0.1, -0.05) is 121 Å². The van der Waals surface area contributed by atoms with Crippen LogP contribution in [0.3, 0.4) is 0 Å². The second kappa shape index (κ2) is 11.0. The molecule has 0 aliphatic carbocycles. The fourth-order valence-electron chi connectivity index (χ4n) is 4.15. The molecule has 5 aromatic rings. The van der Waals surface area contributed by atoms with Crippen LogP contribution < -0.4 is 5.46 Å². The Morgan fingerprint density at radius 3 is 1.44 bits per heavy atom. The van der Waals surface area contributed by atoms with Gasteiger partial charge in [0, 0.05) is 22.3 Å². The van der Waals surface area contributed by atoms with Gasteiger partial charge in [-0.2, -0.15) is 0 Å². The van der Waals surface area contributed by atoms with E-state index in [2.05, 4.69) is 36.4 Å². The van der Waals surface area contributed by atoms with E-state index >= 15 is 0 Å². The Kier molecular flexibility index (Phi) is 7.47. The van der Waals surface area contributed by atoms with Crippen LogP contribution in [0.25, 0.3) is 45.0 Å². The number of aliphatic hydroxyl groups is 1. The van der Waals surface area contributed by atoms with Gasteiger partial charge in [0.2, 0.25) is 0 Å². The van der Waals surface area contributed by atoms with Gasteiger partial charge in [-0.15, -0.1) is 0 Å². The zero-order chi connectivity index (χ0) is 27.5. The van der Waals surface area contributed by atoms with Crippen LogP contribution in [0, 0.1) is 0 Å². The Bertz CT molecular complexity index is 1470. The maximum absolute atomic E-state index is 10.4. The van der Waals surface area contributed by atoms with Crippen LogP contribution in [-0.2, 0) is 4.65 Å². The van der Waals surface area contributed by atoms with Crippen molar-refractivity contribution in [3.8, 4) is 45.0 Å². The normalized spacial score (nSPS) is 11.8. The average Bonchev–Trinajstić information content (AvgIpc) is 2.96. The molecule has 0 unspecified atom stereocenters. The minimum atomic E-state index is -0.987. The maximum Gasteiger partial charge on any atom is 0.330 e. The highest BCUT2D eigenvalue weighted by Crippen LogP contribution is 2.39. The lowest BCUT2D eigenvalue weighted by Gasteiger charge is -2.37. The molecule has 4 nitrogen and oxygen atoms in total. The Morgan fingerprint density at radius 1 is 0.564 bits per heavy atom. The van der Waals surface area contributed by atoms with Gasteiger partial charge >= 0.3 is 7.48 Å². The SMILES string of the molecule is CC(C)(O)C(C)(C)O[B]c1ccc(-c2nc(-c3ccccc3)c(-c3ccccc3)c(-c3ccccc3)n2)cc1. The molecule has 4 aromatic carbocycles. The zero-order valence-electron chi connectivity index (χ0n) is 22.8. The lowest BCUT2D eigenvalue weighted by atomic mass is 9.82. The average molecular weight is 511 g/mol. The molecule has 39 heavy (non-hydrogen) atoms. The molecule has 0 saturated carbocycles. The van der Waals surface area contributed by atoms with E-state index in [9.17, 15) is 5.11 Å². The topological polar surface area (TPSA) is 55.2 Å². The molecule has 0 aliphatic heterocycles. The van der Waals surface area contributed by atoms with E-state index in [0.717, 1.165) is 44.7 Å². The van der Waals surface area contributed by atoms with E-state index < -0.39 is 11.2 Å². The molecule has 5 heteroatoms. The van der Waals surface area contributed by atoms with Gasteiger partial charge in [-0.25, -0.2) is 9.97 Å². The largest absolute Gasteiger partial charge is 0.427 e. The summed E-state index contributed by atoms with van der Waals surface area (Å²) in [5, 5.41) is 10.4. The summed E-state index contributed by atoms with van der Waals surface area (Å²) in [4.78, 5) is 10.3. The second-order valence-electron chi connectivity index (χ2n) is 10.6. The summed E-state index contributed by atoms with van der Waals surface area (Å²) < 4.78 is 5.94. The number of aromatic nitrogens is 2. The summed E-state index contributed by atoms with van der Waals surface area (Å²) in [5.74, 6) is 0.650. The maximum atomic E-state index is 10.4. The van der Waals surface area contributed by atoms with Crippen molar-refractivity contribution in [3.63, 3.8) is 0 Å². The highest BCUT2D eigenvalue weighted by molar-refractivity contribution is 6.47. The van der Waals surface area contributed by atoms with Crippen molar-refractivity contribution in [2.24, 2.45) is 0 Å². The molecule has 193 valence electrons. The Morgan fingerprint density at radius 2 is 1.00 bits per heavy atom. The van der Waals surface area contributed by atoms with Crippen molar-refractivity contribution in [1.29, 1.82) is 0 Å². The first-order valence-electron chi connectivity index (χ1n) is 13.1. The molecule has 1 radical (unpaired) electrons. The molecule has 0 saturated heterocycles. The standard InChI is InChI=1S/C34H32BN2O2/c1-33(2,38)34(3,4)39-35-28-22-20-27(21-23-28)32-36-30(25-16-10-6-11-17-25)29(24-14-8-5-9-15-24)31(37-32)26-18-12-7-13-19-26/h5-23,38H,1-4H3. The second-order valence-corrected chi connectivity index (χ2v) is 10.6. The number of rotatable bonds is 8. The van der Waals surface area contributed by atoms with Gasteiger partial charge in [0.1, 0.15) is 0 Å². The first-order chi connectivity index (χ1) is 18.7. The molecule has 0 amide bonds. The minimum Gasteiger partial charge on any atom is -0.427 e. The summed E-state index contributed by atoms with van der Waals surface area (Å²) >= 11 is 0. The van der Waals surface area contributed by atoms with E-state index in [1.807, 2.05) is 92.7 Å². The van der Waals surface area contributed by atoms with Gasteiger partial charge in [-0.05, 0) is 33.3 Å². The molecule has 0 fully saturated rings. The first kappa shape index (κ1) is 26.5. The summed E-state index contributed by atoms with van der Waals surface area (Å²) in [6.07, 6.45) is 0. The van der Waals surface area contributed by atoms with Crippen LogP contribution in [0.4, 0.5) is 0 Å². The number of benzene rings is 4. The lowest BCUT2D eigenvalue weighted by molar-refractivity contribution is -0.0893. The van der Waals surface area contributed by atoms with Crippen LogP contribution in [0.2, 0.25) is 0 Å². The van der Waals surface area contributed by atoms with Crippen LogP contribution in [0.5, 0.6) is 0 Å². The highest BCUT2D eigenvalue weighted by atomic mass is 16.5. The molecule has 0 bridgehead atoms. The third-order valence-electron chi connectivity index (χ3n) is 7.20. The van der Waals surface area contributed by atoms with Crippen LogP contribution in [-0.4, -0.2) is 33.8 Å². The van der Waals surface area contributed by atoms with Crippen LogP contribution >= 0.6 is 0 Å². The number of hydrogen-bond donors (Lipinski definition) is 1. The summed E-state index contributed by atoms with van der Waals surface area (Å²) in [6, 6.07) is 38.8. The van der Waals surface area contributed by atoms with E-state index in [-0.39, 0.29) is 0 Å². The van der Waals surface area contributed by atoms with E-state index in [1.54, 1.807) is 21.3 Å². The quantitative estimate of drug-likeness (QED) is 0.229. The van der Waals surface area contributed by atoms with Crippen molar-refractivity contribution in [2.45, 2.75) is 38.9 Å². The Hall–Kier alpha value is -4.06. The van der Waals surface area contributed by atoms with E-state index in [0.29, 0.717) is 5.82 Å². The molecule has 0 aliphatic rings. The summed E-state index contributed by atoms with van der Waals surface area (Å²) in [5.41, 5.74) is 5.98.